The number of carbonyl (C=O) groups excluding carboxylic acids is 1. The molecule has 1 saturated carbocycles. The third kappa shape index (κ3) is 4.13. The standard InChI is InChI=1S/C17H16F3N7O/c18-17(19,20)14-5-12(3-4-15(14)27-10-21-9-23-27)24-16(28)25-13-6-22-26(8-13)7-11-1-2-11/h3-6,8-11H,1-2,7H2,(H2,24,25,28). The summed E-state index contributed by atoms with van der Waals surface area (Å²) in [5.74, 6) is 0.630. The van der Waals surface area contributed by atoms with Gasteiger partial charge in [-0.05, 0) is 37.0 Å². The lowest BCUT2D eigenvalue weighted by molar-refractivity contribution is -0.137. The molecular weight excluding hydrogens is 375 g/mol. The molecule has 28 heavy (non-hydrogen) atoms. The maximum absolute atomic E-state index is 13.4. The lowest BCUT2D eigenvalue weighted by Gasteiger charge is -2.14. The van der Waals surface area contributed by atoms with E-state index in [2.05, 4.69) is 25.8 Å². The lowest BCUT2D eigenvalue weighted by atomic mass is 10.1. The Morgan fingerprint density at radius 2 is 1.96 bits per heavy atom. The van der Waals surface area contributed by atoms with E-state index in [1.165, 1.54) is 37.5 Å². The van der Waals surface area contributed by atoms with Gasteiger partial charge in [0.2, 0.25) is 0 Å². The highest BCUT2D eigenvalue weighted by Gasteiger charge is 2.34. The predicted octanol–water partition coefficient (Wildman–Crippen LogP) is 3.54. The van der Waals surface area contributed by atoms with Gasteiger partial charge >= 0.3 is 12.2 Å². The molecule has 0 saturated heterocycles. The maximum Gasteiger partial charge on any atom is 0.418 e. The topological polar surface area (TPSA) is 89.7 Å². The van der Waals surface area contributed by atoms with Crippen LogP contribution >= 0.6 is 0 Å². The van der Waals surface area contributed by atoms with Gasteiger partial charge in [0.25, 0.3) is 0 Å². The second-order valence-corrected chi connectivity index (χ2v) is 6.54. The fraction of sp³-hybridized carbons (Fsp3) is 0.294. The van der Waals surface area contributed by atoms with Crippen molar-refractivity contribution in [3.63, 3.8) is 0 Å². The maximum atomic E-state index is 13.4. The lowest BCUT2D eigenvalue weighted by Crippen LogP contribution is -2.20. The van der Waals surface area contributed by atoms with E-state index in [9.17, 15) is 18.0 Å². The summed E-state index contributed by atoms with van der Waals surface area (Å²) in [5, 5.41) is 12.9. The van der Waals surface area contributed by atoms with Crippen molar-refractivity contribution < 1.29 is 18.0 Å². The van der Waals surface area contributed by atoms with Crippen LogP contribution in [0.25, 0.3) is 5.69 Å². The molecule has 2 heterocycles. The number of amides is 2. The Kier molecular flexibility index (Phi) is 4.49. The van der Waals surface area contributed by atoms with Crippen LogP contribution in [-0.2, 0) is 12.7 Å². The molecule has 11 heteroatoms. The van der Waals surface area contributed by atoms with E-state index < -0.39 is 17.8 Å². The molecular formula is C17H16F3N7O. The number of nitrogens with zero attached hydrogens (tertiary/aromatic N) is 5. The zero-order valence-corrected chi connectivity index (χ0v) is 14.5. The Balaban J connectivity index is 1.47. The summed E-state index contributed by atoms with van der Waals surface area (Å²) in [6.07, 6.45) is 3.22. The van der Waals surface area contributed by atoms with Crippen LogP contribution in [-0.4, -0.2) is 30.6 Å². The van der Waals surface area contributed by atoms with Crippen LogP contribution in [0.3, 0.4) is 0 Å². The number of halogens is 3. The zero-order chi connectivity index (χ0) is 19.7. The average Bonchev–Trinajstić information content (AvgIpc) is 3.09. The molecule has 4 rings (SSSR count). The Bertz CT molecular complexity index is 977. The molecule has 0 aliphatic heterocycles. The van der Waals surface area contributed by atoms with Gasteiger partial charge in [0, 0.05) is 18.4 Å². The number of hydrogen-bond acceptors (Lipinski definition) is 4. The number of urea groups is 1. The minimum Gasteiger partial charge on any atom is -0.308 e. The number of aromatic nitrogens is 5. The second-order valence-electron chi connectivity index (χ2n) is 6.54. The van der Waals surface area contributed by atoms with Crippen LogP contribution < -0.4 is 10.6 Å². The van der Waals surface area contributed by atoms with Crippen molar-refractivity contribution in [1.82, 2.24) is 24.5 Å². The minimum atomic E-state index is -4.63. The van der Waals surface area contributed by atoms with E-state index in [-0.39, 0.29) is 11.4 Å². The van der Waals surface area contributed by atoms with Gasteiger partial charge in [-0.25, -0.2) is 14.5 Å². The number of benzene rings is 1. The number of alkyl halides is 3. The van der Waals surface area contributed by atoms with Crippen LogP contribution in [0.4, 0.5) is 29.3 Å². The molecule has 0 atom stereocenters. The van der Waals surface area contributed by atoms with Crippen molar-refractivity contribution in [3.8, 4) is 5.69 Å². The highest BCUT2D eigenvalue weighted by molar-refractivity contribution is 5.99. The van der Waals surface area contributed by atoms with Gasteiger partial charge in [-0.2, -0.15) is 23.4 Å². The minimum absolute atomic E-state index is 0.000868. The van der Waals surface area contributed by atoms with Gasteiger partial charge < -0.3 is 10.6 Å². The summed E-state index contributed by atoms with van der Waals surface area (Å²) in [5.41, 5.74) is -0.655. The fourth-order valence-electron chi connectivity index (χ4n) is 2.76. The van der Waals surface area contributed by atoms with Crippen LogP contribution in [0, 0.1) is 5.92 Å². The van der Waals surface area contributed by atoms with Gasteiger partial charge in [-0.3, -0.25) is 4.68 Å². The monoisotopic (exact) mass is 391 g/mol. The van der Waals surface area contributed by atoms with Crippen molar-refractivity contribution in [2.75, 3.05) is 10.6 Å². The molecule has 0 bridgehead atoms. The predicted molar refractivity (Wildman–Crippen MR) is 94.0 cm³/mol. The number of rotatable bonds is 5. The van der Waals surface area contributed by atoms with Gasteiger partial charge in [0.1, 0.15) is 12.7 Å². The first kappa shape index (κ1) is 18.0. The van der Waals surface area contributed by atoms with E-state index in [4.69, 9.17) is 0 Å². The van der Waals surface area contributed by atoms with Crippen molar-refractivity contribution >= 4 is 17.4 Å². The molecule has 1 aliphatic rings. The Labute approximate surface area is 157 Å². The quantitative estimate of drug-likeness (QED) is 0.696. The number of nitrogens with one attached hydrogen (secondary N) is 2. The van der Waals surface area contributed by atoms with Crippen LogP contribution in [0.5, 0.6) is 0 Å². The number of hydrogen-bond donors (Lipinski definition) is 2. The molecule has 1 fully saturated rings. The van der Waals surface area contributed by atoms with Crippen LogP contribution in [0.15, 0.2) is 43.2 Å². The second kappa shape index (κ2) is 6.98. The first-order valence-corrected chi connectivity index (χ1v) is 8.55. The summed E-state index contributed by atoms with van der Waals surface area (Å²) in [6, 6.07) is 2.78. The van der Waals surface area contributed by atoms with Crippen LogP contribution in [0.2, 0.25) is 0 Å². The first-order valence-electron chi connectivity index (χ1n) is 8.55. The molecule has 2 aromatic heterocycles. The molecule has 8 nitrogen and oxygen atoms in total. The molecule has 3 aromatic rings. The Morgan fingerprint density at radius 1 is 1.18 bits per heavy atom. The van der Waals surface area contributed by atoms with Gasteiger partial charge in [0.15, 0.2) is 0 Å². The largest absolute Gasteiger partial charge is 0.418 e. The first-order chi connectivity index (χ1) is 13.4. The van der Waals surface area contributed by atoms with E-state index in [1.807, 2.05) is 0 Å². The van der Waals surface area contributed by atoms with E-state index >= 15 is 0 Å². The Morgan fingerprint density at radius 3 is 2.64 bits per heavy atom. The van der Waals surface area contributed by atoms with Gasteiger partial charge in [-0.15, -0.1) is 0 Å². The van der Waals surface area contributed by atoms with Crippen molar-refractivity contribution in [3.05, 3.63) is 48.8 Å². The van der Waals surface area contributed by atoms with E-state index in [0.29, 0.717) is 11.6 Å². The fourth-order valence-corrected chi connectivity index (χ4v) is 2.76. The van der Waals surface area contributed by atoms with Crippen molar-refractivity contribution in [2.24, 2.45) is 5.92 Å². The summed E-state index contributed by atoms with van der Waals surface area (Å²) in [6.45, 7) is 0.794. The number of anilines is 2. The smallest absolute Gasteiger partial charge is 0.308 e. The zero-order valence-electron chi connectivity index (χ0n) is 14.5. The van der Waals surface area contributed by atoms with E-state index in [1.54, 1.807) is 10.9 Å². The molecule has 2 N–H and O–H groups in total. The molecule has 1 aliphatic carbocycles. The summed E-state index contributed by atoms with van der Waals surface area (Å²) in [7, 11) is 0. The molecule has 0 radical (unpaired) electrons. The van der Waals surface area contributed by atoms with Crippen molar-refractivity contribution in [1.29, 1.82) is 0 Å². The highest BCUT2D eigenvalue weighted by atomic mass is 19.4. The molecule has 146 valence electrons. The molecule has 1 aromatic carbocycles. The van der Waals surface area contributed by atoms with Gasteiger partial charge in [-0.1, -0.05) is 0 Å². The SMILES string of the molecule is O=C(Nc1ccc(-n2cncn2)c(C(F)(F)F)c1)Nc1cnn(CC2CC2)c1. The number of carbonyl (C=O) groups is 1. The summed E-state index contributed by atoms with van der Waals surface area (Å²) < 4.78 is 43.0. The van der Waals surface area contributed by atoms with E-state index in [0.717, 1.165) is 23.6 Å². The van der Waals surface area contributed by atoms with Gasteiger partial charge in [0.05, 0.1) is 23.1 Å². The normalized spacial score (nSPS) is 14.1. The summed E-state index contributed by atoms with van der Waals surface area (Å²) in [4.78, 5) is 15.8. The van der Waals surface area contributed by atoms with Crippen molar-refractivity contribution in [2.45, 2.75) is 25.6 Å². The molecule has 2 amide bonds. The molecule has 0 unspecified atom stereocenters. The Hall–Kier alpha value is -3.37. The third-order valence-electron chi connectivity index (χ3n) is 4.26. The van der Waals surface area contributed by atoms with Crippen LogP contribution in [0.1, 0.15) is 18.4 Å². The summed E-state index contributed by atoms with van der Waals surface area (Å²) >= 11 is 0. The molecule has 0 spiro atoms. The highest BCUT2D eigenvalue weighted by Crippen LogP contribution is 2.35. The average molecular weight is 391 g/mol. The third-order valence-corrected chi connectivity index (χ3v) is 4.26.